The van der Waals surface area contributed by atoms with E-state index in [9.17, 15) is 45.6 Å². The third kappa shape index (κ3) is 4.04. The second-order valence-corrected chi connectivity index (χ2v) is 7.73. The number of hydrogen-bond donors (Lipinski definition) is 8. The summed E-state index contributed by atoms with van der Waals surface area (Å²) in [4.78, 5) is 12.6. The monoisotopic (exact) mass is 466 g/mol. The quantitative estimate of drug-likeness (QED) is 0.263. The zero-order valence-corrected chi connectivity index (χ0v) is 16.8. The van der Waals surface area contributed by atoms with Crippen molar-refractivity contribution in [1.29, 1.82) is 0 Å². The lowest BCUT2D eigenvalue weighted by molar-refractivity contribution is -0.277. The molecule has 2 aliphatic rings. The summed E-state index contributed by atoms with van der Waals surface area (Å²) >= 11 is 0. The Morgan fingerprint density at radius 2 is 1.64 bits per heavy atom. The van der Waals surface area contributed by atoms with E-state index in [1.165, 1.54) is 12.1 Å². The number of fused-ring (bicyclic) bond motifs is 1. The van der Waals surface area contributed by atoms with E-state index in [1.54, 1.807) is 0 Å². The topological polar surface area (TPSA) is 207 Å². The average Bonchev–Trinajstić information content (AvgIpc) is 2.77. The molecular formula is C21H22O12. The molecule has 8 N–H and O–H groups in total. The van der Waals surface area contributed by atoms with Crippen LogP contribution in [0.1, 0.15) is 22.0 Å². The van der Waals surface area contributed by atoms with Crippen LogP contribution >= 0.6 is 0 Å². The number of aliphatic hydroxyl groups excluding tert-OH is 5. The van der Waals surface area contributed by atoms with Crippen LogP contribution < -0.4 is 9.47 Å². The first-order chi connectivity index (χ1) is 15.6. The second-order valence-electron chi connectivity index (χ2n) is 7.73. The van der Waals surface area contributed by atoms with Gasteiger partial charge < -0.3 is 55.1 Å². The molecule has 0 saturated carbocycles. The summed E-state index contributed by atoms with van der Waals surface area (Å²) in [7, 11) is 0. The van der Waals surface area contributed by atoms with Crippen LogP contribution in [0.3, 0.4) is 0 Å². The number of phenolic OH excluding ortho intramolecular Hbond substituents is 3. The van der Waals surface area contributed by atoms with Gasteiger partial charge in [0.05, 0.1) is 6.61 Å². The maximum absolute atomic E-state index is 12.6. The number of hydrogen-bond acceptors (Lipinski definition) is 12. The highest BCUT2D eigenvalue weighted by Crippen LogP contribution is 2.43. The zero-order valence-electron chi connectivity index (χ0n) is 16.8. The first kappa shape index (κ1) is 23.0. The van der Waals surface area contributed by atoms with Crippen molar-refractivity contribution in [2.24, 2.45) is 0 Å². The minimum absolute atomic E-state index is 0.140. The van der Waals surface area contributed by atoms with Crippen molar-refractivity contribution in [3.63, 3.8) is 0 Å². The number of carbonyl (C=O) groups excluding carboxylic acids is 1. The van der Waals surface area contributed by atoms with Gasteiger partial charge in [-0.25, -0.2) is 0 Å². The molecule has 0 spiro atoms. The Morgan fingerprint density at radius 1 is 0.909 bits per heavy atom. The molecule has 0 unspecified atom stereocenters. The lowest BCUT2D eigenvalue weighted by atomic mass is 9.92. The normalized spacial score (nSPS) is 31.5. The van der Waals surface area contributed by atoms with E-state index >= 15 is 0 Å². The molecule has 7 atom stereocenters. The van der Waals surface area contributed by atoms with Gasteiger partial charge in [0.2, 0.25) is 12.1 Å². The molecule has 2 aliphatic heterocycles. The third-order valence-electron chi connectivity index (χ3n) is 5.53. The Morgan fingerprint density at radius 3 is 2.33 bits per heavy atom. The summed E-state index contributed by atoms with van der Waals surface area (Å²) in [6.07, 6.45) is -10.9. The number of phenols is 3. The molecule has 12 nitrogen and oxygen atoms in total. The van der Waals surface area contributed by atoms with Gasteiger partial charge in [0.1, 0.15) is 47.2 Å². The highest BCUT2D eigenvalue weighted by Gasteiger charge is 2.45. The molecule has 1 fully saturated rings. The Balaban J connectivity index is 1.63. The number of ketones is 1. The predicted molar refractivity (Wildman–Crippen MR) is 106 cm³/mol. The van der Waals surface area contributed by atoms with Gasteiger partial charge in [0.15, 0.2) is 23.7 Å². The van der Waals surface area contributed by atoms with Crippen LogP contribution in [0.2, 0.25) is 0 Å². The molecule has 2 aromatic carbocycles. The van der Waals surface area contributed by atoms with Crippen molar-refractivity contribution in [2.45, 2.75) is 42.9 Å². The molecule has 4 rings (SSSR count). The summed E-state index contributed by atoms with van der Waals surface area (Å²) in [5, 5.41) is 79.5. The summed E-state index contributed by atoms with van der Waals surface area (Å²) in [5.41, 5.74) is -0.158. The van der Waals surface area contributed by atoms with Gasteiger partial charge in [0, 0.05) is 12.1 Å². The molecule has 2 aromatic rings. The van der Waals surface area contributed by atoms with Gasteiger partial charge in [-0.05, 0) is 17.7 Å². The van der Waals surface area contributed by atoms with Gasteiger partial charge in [-0.15, -0.1) is 0 Å². The van der Waals surface area contributed by atoms with Gasteiger partial charge in [-0.1, -0.05) is 6.07 Å². The molecule has 0 bridgehead atoms. The summed E-state index contributed by atoms with van der Waals surface area (Å²) < 4.78 is 16.3. The molecule has 2 heterocycles. The van der Waals surface area contributed by atoms with Crippen LogP contribution in [0.15, 0.2) is 30.3 Å². The Labute approximate surface area is 186 Å². The molecule has 0 aliphatic carbocycles. The summed E-state index contributed by atoms with van der Waals surface area (Å²) in [5.74, 6) is -2.68. The molecule has 33 heavy (non-hydrogen) atoms. The van der Waals surface area contributed by atoms with Crippen LogP contribution in [0.4, 0.5) is 0 Å². The smallest absolute Gasteiger partial charge is 0.229 e. The Bertz CT molecular complexity index is 1050. The first-order valence-electron chi connectivity index (χ1n) is 9.87. The SMILES string of the molecule is O=C1c2c(O)cc(O)cc2O[C@H](c2ccc(O)c(O[C@H]3O[C@@H](CO)[C@H](O)[C@H](O)[C@@H]3O)c2)[C@@H]1O. The van der Waals surface area contributed by atoms with E-state index in [4.69, 9.17) is 14.2 Å². The van der Waals surface area contributed by atoms with Gasteiger partial charge >= 0.3 is 0 Å². The van der Waals surface area contributed by atoms with E-state index in [1.807, 2.05) is 0 Å². The van der Waals surface area contributed by atoms with Crippen LogP contribution in [0.25, 0.3) is 0 Å². The number of aliphatic hydroxyl groups is 5. The zero-order chi connectivity index (χ0) is 24.0. The highest BCUT2D eigenvalue weighted by molar-refractivity contribution is 6.05. The van der Waals surface area contributed by atoms with Crippen LogP contribution in [-0.2, 0) is 4.74 Å². The van der Waals surface area contributed by atoms with E-state index in [0.717, 1.165) is 18.2 Å². The molecule has 0 aromatic heterocycles. The minimum Gasteiger partial charge on any atom is -0.508 e. The maximum Gasteiger partial charge on any atom is 0.229 e. The third-order valence-corrected chi connectivity index (χ3v) is 5.53. The predicted octanol–water partition coefficient (Wildman–Crippen LogP) is -1.34. The van der Waals surface area contributed by atoms with Crippen molar-refractivity contribution >= 4 is 5.78 Å². The molecular weight excluding hydrogens is 444 g/mol. The van der Waals surface area contributed by atoms with Gasteiger partial charge in [-0.2, -0.15) is 0 Å². The molecule has 0 amide bonds. The number of Topliss-reactive ketones (excluding diaryl/α,β-unsaturated/α-hetero) is 1. The number of benzene rings is 2. The van der Waals surface area contributed by atoms with Crippen LogP contribution in [0.5, 0.6) is 28.7 Å². The Hall–Kier alpha value is -3.13. The van der Waals surface area contributed by atoms with E-state index in [-0.39, 0.29) is 28.4 Å². The van der Waals surface area contributed by atoms with E-state index in [0.29, 0.717) is 0 Å². The fourth-order valence-electron chi connectivity index (χ4n) is 3.76. The summed E-state index contributed by atoms with van der Waals surface area (Å²) in [6.45, 7) is -0.680. The standard InChI is InChI=1S/C21H22O12/c22-6-13-15(26)17(28)19(30)21(33-13)32-11-3-7(1-2-9(11)24)20-18(29)16(27)14-10(25)4-8(23)5-12(14)31-20/h1-5,13,15,17-26,28-30H,6H2/t13-,15-,17-,18+,19-,20+,21-/m0/s1. The van der Waals surface area contributed by atoms with Crippen molar-refractivity contribution in [2.75, 3.05) is 6.61 Å². The molecule has 1 saturated heterocycles. The number of ether oxygens (including phenoxy) is 3. The largest absolute Gasteiger partial charge is 0.508 e. The fourth-order valence-corrected chi connectivity index (χ4v) is 3.76. The minimum atomic E-state index is -1.75. The number of carbonyl (C=O) groups is 1. The Kier molecular flexibility index (Phi) is 6.05. The van der Waals surface area contributed by atoms with E-state index < -0.39 is 66.8 Å². The lowest BCUT2D eigenvalue weighted by Gasteiger charge is -2.39. The van der Waals surface area contributed by atoms with Crippen molar-refractivity contribution in [3.05, 3.63) is 41.5 Å². The first-order valence-corrected chi connectivity index (χ1v) is 9.87. The lowest BCUT2D eigenvalue weighted by Crippen LogP contribution is -2.60. The summed E-state index contributed by atoms with van der Waals surface area (Å²) in [6, 6.07) is 5.69. The highest BCUT2D eigenvalue weighted by atomic mass is 16.7. The molecule has 0 radical (unpaired) electrons. The second kappa shape index (κ2) is 8.67. The van der Waals surface area contributed by atoms with Gasteiger partial charge in [0.25, 0.3) is 0 Å². The molecule has 12 heteroatoms. The van der Waals surface area contributed by atoms with E-state index in [2.05, 4.69) is 0 Å². The van der Waals surface area contributed by atoms with Crippen molar-refractivity contribution in [3.8, 4) is 28.7 Å². The van der Waals surface area contributed by atoms with Crippen molar-refractivity contribution in [1.82, 2.24) is 0 Å². The maximum atomic E-state index is 12.6. The van der Waals surface area contributed by atoms with Crippen LogP contribution in [0, 0.1) is 0 Å². The average molecular weight is 466 g/mol. The fraction of sp³-hybridized carbons (Fsp3) is 0.381. The number of rotatable bonds is 4. The molecule has 178 valence electrons. The van der Waals surface area contributed by atoms with Gasteiger partial charge in [-0.3, -0.25) is 4.79 Å². The van der Waals surface area contributed by atoms with Crippen LogP contribution in [-0.4, -0.2) is 90.1 Å². The van der Waals surface area contributed by atoms with Crippen molar-refractivity contribution < 1.29 is 59.9 Å². The number of aromatic hydroxyl groups is 3.